The molecule has 0 heterocycles. The van der Waals surface area contributed by atoms with E-state index >= 15 is 0 Å². The highest BCUT2D eigenvalue weighted by molar-refractivity contribution is 14.1. The van der Waals surface area contributed by atoms with Gasteiger partial charge in [-0.3, -0.25) is 14.4 Å². The molecule has 0 saturated carbocycles. The molecule has 7 nitrogen and oxygen atoms in total. The van der Waals surface area contributed by atoms with E-state index in [9.17, 15) is 14.4 Å². The quantitative estimate of drug-likeness (QED) is 0.314. The Bertz CT molecular complexity index is 936. The molecule has 0 saturated heterocycles. The molecule has 2 aromatic rings. The van der Waals surface area contributed by atoms with Crippen LogP contribution in [0.1, 0.15) is 38.3 Å². The summed E-state index contributed by atoms with van der Waals surface area (Å²) in [6.45, 7) is 5.89. The Kier molecular flexibility index (Phi) is 10.8. The van der Waals surface area contributed by atoms with Crippen molar-refractivity contribution in [3.63, 3.8) is 0 Å². The van der Waals surface area contributed by atoms with Crippen LogP contribution in [0.5, 0.6) is 0 Å². The Morgan fingerprint density at radius 3 is 2.18 bits per heavy atom. The van der Waals surface area contributed by atoms with E-state index in [1.807, 2.05) is 68.4 Å². The summed E-state index contributed by atoms with van der Waals surface area (Å²) in [5.41, 5.74) is 7.81. The maximum Gasteiger partial charge on any atom is 0.243 e. The smallest absolute Gasteiger partial charge is 0.243 e. The van der Waals surface area contributed by atoms with Crippen LogP contribution < -0.4 is 21.7 Å². The predicted molar refractivity (Wildman–Crippen MR) is 138 cm³/mol. The predicted octanol–water partition coefficient (Wildman–Crippen LogP) is 2.51. The number of hydrogen-bond donors (Lipinski definition) is 4. The zero-order valence-corrected chi connectivity index (χ0v) is 21.5. The van der Waals surface area contributed by atoms with E-state index in [1.54, 1.807) is 6.92 Å². The summed E-state index contributed by atoms with van der Waals surface area (Å²) in [6, 6.07) is 15.0. The van der Waals surface area contributed by atoms with Gasteiger partial charge < -0.3 is 21.7 Å². The van der Waals surface area contributed by atoms with Gasteiger partial charge >= 0.3 is 0 Å². The van der Waals surface area contributed by atoms with Gasteiger partial charge in [0, 0.05) is 16.5 Å². The van der Waals surface area contributed by atoms with E-state index in [4.69, 9.17) is 5.73 Å². The molecule has 0 aliphatic rings. The molecule has 3 atom stereocenters. The van der Waals surface area contributed by atoms with Crippen molar-refractivity contribution in [2.45, 2.75) is 58.3 Å². The number of nitrogens with two attached hydrogens (primary N) is 1. The molecule has 0 radical (unpaired) electrons. The fraction of sp³-hybridized carbons (Fsp3) is 0.400. The molecule has 0 bridgehead atoms. The van der Waals surface area contributed by atoms with Gasteiger partial charge in [0.15, 0.2) is 0 Å². The van der Waals surface area contributed by atoms with E-state index in [-0.39, 0.29) is 17.7 Å². The van der Waals surface area contributed by atoms with Crippen molar-refractivity contribution in [2.24, 2.45) is 11.7 Å². The minimum absolute atomic E-state index is 0.265. The van der Waals surface area contributed by atoms with Gasteiger partial charge in [0.25, 0.3) is 0 Å². The van der Waals surface area contributed by atoms with Gasteiger partial charge in [-0.15, -0.1) is 0 Å². The molecular formula is C25H33IN4O3. The summed E-state index contributed by atoms with van der Waals surface area (Å²) in [5, 5.41) is 8.35. The topological polar surface area (TPSA) is 113 Å². The monoisotopic (exact) mass is 564 g/mol. The van der Waals surface area contributed by atoms with Crippen LogP contribution in [0.25, 0.3) is 0 Å². The summed E-state index contributed by atoms with van der Waals surface area (Å²) in [5.74, 6) is -0.845. The first kappa shape index (κ1) is 26.8. The van der Waals surface area contributed by atoms with Gasteiger partial charge in [-0.2, -0.15) is 0 Å². The summed E-state index contributed by atoms with van der Waals surface area (Å²) in [7, 11) is 0. The van der Waals surface area contributed by atoms with Crippen LogP contribution in [0.3, 0.4) is 0 Å². The third-order valence-corrected chi connectivity index (χ3v) is 5.76. The molecule has 3 amide bonds. The van der Waals surface area contributed by atoms with Crippen LogP contribution in [0.2, 0.25) is 0 Å². The number of nitrogens with one attached hydrogen (secondary N) is 3. The second-order valence-corrected chi connectivity index (χ2v) is 9.81. The Morgan fingerprint density at radius 2 is 1.55 bits per heavy atom. The molecule has 2 aromatic carbocycles. The average molecular weight is 564 g/mol. The number of carbonyl (C=O) groups is 3. The zero-order valence-electron chi connectivity index (χ0n) is 19.3. The van der Waals surface area contributed by atoms with E-state index in [0.29, 0.717) is 19.4 Å². The summed E-state index contributed by atoms with van der Waals surface area (Å²) in [4.78, 5) is 38.1. The molecule has 0 aliphatic heterocycles. The number of benzene rings is 2. The van der Waals surface area contributed by atoms with Crippen LogP contribution in [0, 0.1) is 9.49 Å². The molecule has 0 unspecified atom stereocenters. The van der Waals surface area contributed by atoms with Crippen molar-refractivity contribution in [3.8, 4) is 0 Å². The van der Waals surface area contributed by atoms with Gasteiger partial charge in [0.05, 0.1) is 6.04 Å². The molecule has 0 aliphatic carbocycles. The molecule has 0 aromatic heterocycles. The second kappa shape index (κ2) is 13.3. The molecule has 2 rings (SSSR count). The number of amides is 3. The van der Waals surface area contributed by atoms with Crippen molar-refractivity contribution >= 4 is 40.3 Å². The lowest BCUT2D eigenvalue weighted by Gasteiger charge is -2.22. The van der Waals surface area contributed by atoms with Crippen LogP contribution in [0.15, 0.2) is 54.6 Å². The SMILES string of the molecule is CC(C)C[C@H](N)C(=O)N[C@@H](C)C(=O)N[C@@H](Cc1ccccc1)C(=O)NCc1cccc(I)c1. The minimum Gasteiger partial charge on any atom is -0.350 e. The number of hydrogen-bond acceptors (Lipinski definition) is 4. The van der Waals surface area contributed by atoms with Gasteiger partial charge in [-0.05, 0) is 65.1 Å². The fourth-order valence-electron chi connectivity index (χ4n) is 3.32. The van der Waals surface area contributed by atoms with E-state index < -0.39 is 24.0 Å². The first-order valence-electron chi connectivity index (χ1n) is 11.1. The van der Waals surface area contributed by atoms with Crippen LogP contribution in [0.4, 0.5) is 0 Å². The van der Waals surface area contributed by atoms with Crippen molar-refractivity contribution < 1.29 is 14.4 Å². The van der Waals surface area contributed by atoms with Crippen molar-refractivity contribution in [3.05, 3.63) is 69.3 Å². The molecule has 0 spiro atoms. The van der Waals surface area contributed by atoms with Crippen molar-refractivity contribution in [2.75, 3.05) is 0 Å². The highest BCUT2D eigenvalue weighted by atomic mass is 127. The highest BCUT2D eigenvalue weighted by Crippen LogP contribution is 2.09. The summed E-state index contributed by atoms with van der Waals surface area (Å²) >= 11 is 2.22. The van der Waals surface area contributed by atoms with Gasteiger partial charge in [0.1, 0.15) is 12.1 Å². The average Bonchev–Trinajstić information content (AvgIpc) is 2.77. The largest absolute Gasteiger partial charge is 0.350 e. The van der Waals surface area contributed by atoms with Gasteiger partial charge in [-0.25, -0.2) is 0 Å². The third kappa shape index (κ3) is 9.51. The lowest BCUT2D eigenvalue weighted by atomic mass is 10.0. The second-order valence-electron chi connectivity index (χ2n) is 8.56. The molecule has 8 heteroatoms. The number of carbonyl (C=O) groups excluding carboxylic acids is 3. The fourth-order valence-corrected chi connectivity index (χ4v) is 3.92. The third-order valence-electron chi connectivity index (χ3n) is 5.09. The lowest BCUT2D eigenvalue weighted by molar-refractivity contribution is -0.132. The van der Waals surface area contributed by atoms with Gasteiger partial charge in [-0.1, -0.05) is 56.3 Å². The van der Waals surface area contributed by atoms with Crippen LogP contribution in [-0.4, -0.2) is 35.8 Å². The first-order chi connectivity index (χ1) is 15.7. The van der Waals surface area contributed by atoms with Crippen LogP contribution in [-0.2, 0) is 27.3 Å². The van der Waals surface area contributed by atoms with E-state index in [0.717, 1.165) is 14.7 Å². The maximum atomic E-state index is 13.0. The molecule has 33 heavy (non-hydrogen) atoms. The molecular weight excluding hydrogens is 531 g/mol. The first-order valence-corrected chi connectivity index (χ1v) is 12.2. The zero-order chi connectivity index (χ0) is 24.4. The molecule has 178 valence electrons. The Hall–Kier alpha value is -2.46. The van der Waals surface area contributed by atoms with Crippen molar-refractivity contribution in [1.82, 2.24) is 16.0 Å². The molecule has 5 N–H and O–H groups in total. The highest BCUT2D eigenvalue weighted by Gasteiger charge is 2.26. The summed E-state index contributed by atoms with van der Waals surface area (Å²) in [6.07, 6.45) is 0.857. The Morgan fingerprint density at radius 1 is 0.879 bits per heavy atom. The van der Waals surface area contributed by atoms with Gasteiger partial charge in [0.2, 0.25) is 17.7 Å². The normalized spacial score (nSPS) is 13.6. The Labute approximate surface area is 209 Å². The molecule has 0 fully saturated rings. The van der Waals surface area contributed by atoms with E-state index in [1.165, 1.54) is 0 Å². The summed E-state index contributed by atoms with van der Waals surface area (Å²) < 4.78 is 1.08. The Balaban J connectivity index is 2.03. The van der Waals surface area contributed by atoms with Crippen molar-refractivity contribution in [1.29, 1.82) is 0 Å². The van der Waals surface area contributed by atoms with E-state index in [2.05, 4.69) is 38.5 Å². The minimum atomic E-state index is -0.822. The number of halogens is 1. The standard InChI is InChI=1S/C25H33IN4O3/c1-16(2)12-21(27)24(32)29-17(3)23(31)30-22(14-18-8-5-4-6-9-18)25(33)28-15-19-10-7-11-20(26)13-19/h4-11,13,16-17,21-22H,12,14-15,27H2,1-3H3,(H,28,33)(H,29,32)(H,30,31)/t17-,21-,22-/m0/s1. The number of rotatable bonds is 11. The lowest BCUT2D eigenvalue weighted by Crippen LogP contribution is -2.55. The maximum absolute atomic E-state index is 13.0. The van der Waals surface area contributed by atoms with Crippen LogP contribution >= 0.6 is 22.6 Å².